The number of cyclic esters (lactones) is 1. The maximum atomic E-state index is 12.9. The van der Waals surface area contributed by atoms with E-state index >= 15 is 0 Å². The monoisotopic (exact) mass is 374 g/mol. The van der Waals surface area contributed by atoms with E-state index in [-0.39, 0.29) is 30.5 Å². The zero-order valence-electron chi connectivity index (χ0n) is 15.5. The molecule has 5 rings (SSSR count). The van der Waals surface area contributed by atoms with Gasteiger partial charge in [0.1, 0.15) is 12.6 Å². The Bertz CT molecular complexity index is 927. The quantitative estimate of drug-likeness (QED) is 0.610. The maximum absolute atomic E-state index is 12.9. The van der Waals surface area contributed by atoms with Crippen LogP contribution in [0.1, 0.15) is 17.2 Å². The van der Waals surface area contributed by atoms with E-state index in [9.17, 15) is 9.59 Å². The van der Waals surface area contributed by atoms with Crippen LogP contribution in [0.4, 0.5) is 4.79 Å². The zero-order valence-corrected chi connectivity index (χ0v) is 15.5. The fourth-order valence-corrected chi connectivity index (χ4v) is 4.84. The van der Waals surface area contributed by atoms with E-state index in [1.165, 1.54) is 5.56 Å². The van der Waals surface area contributed by atoms with Gasteiger partial charge in [-0.2, -0.15) is 0 Å². The molecule has 28 heavy (non-hydrogen) atoms. The molecule has 0 aliphatic carbocycles. The van der Waals surface area contributed by atoms with E-state index in [1.807, 2.05) is 53.4 Å². The molecule has 2 amide bonds. The van der Waals surface area contributed by atoms with E-state index in [0.29, 0.717) is 6.54 Å². The molecule has 4 atom stereocenters. The van der Waals surface area contributed by atoms with Crippen molar-refractivity contribution in [3.8, 4) is 0 Å². The summed E-state index contributed by atoms with van der Waals surface area (Å²) in [5.74, 6) is 0.149. The first-order valence-electron chi connectivity index (χ1n) is 9.67. The van der Waals surface area contributed by atoms with Crippen LogP contribution in [0.2, 0.25) is 0 Å². The number of rotatable bonds is 4. The van der Waals surface area contributed by atoms with Gasteiger partial charge in [-0.1, -0.05) is 72.8 Å². The molecule has 3 heterocycles. The summed E-state index contributed by atoms with van der Waals surface area (Å²) in [6.07, 6.45) is 0.423. The van der Waals surface area contributed by atoms with Crippen molar-refractivity contribution in [1.82, 2.24) is 9.80 Å². The smallest absolute Gasteiger partial charge is 0.411 e. The van der Waals surface area contributed by atoms with Crippen molar-refractivity contribution in [2.24, 2.45) is 5.92 Å². The molecule has 3 fully saturated rings. The van der Waals surface area contributed by atoms with Crippen LogP contribution in [0.15, 0.2) is 72.8 Å². The number of benzene rings is 2. The second-order valence-electron chi connectivity index (χ2n) is 7.77. The van der Waals surface area contributed by atoms with E-state index in [4.69, 9.17) is 4.74 Å². The number of ether oxygens (including phenoxy) is 1. The topological polar surface area (TPSA) is 49.9 Å². The number of carbonyl (C=O) groups excluding carboxylic acids is 2. The first kappa shape index (κ1) is 17.0. The molecule has 0 spiro atoms. The molecule has 0 saturated carbocycles. The van der Waals surface area contributed by atoms with E-state index in [2.05, 4.69) is 18.7 Å². The number of nitrogens with zero attached hydrogens (tertiary/aromatic N) is 2. The number of carbonyl (C=O) groups is 2. The zero-order chi connectivity index (χ0) is 19.3. The highest BCUT2D eigenvalue weighted by molar-refractivity contribution is 5.94. The lowest BCUT2D eigenvalue weighted by atomic mass is 9.81. The standard InChI is InChI=1S/C23H22N2O3/c1-15-13-24-20(18(15)12-16-8-4-2-5-9-16)21(22(24)26)25-19(14-28-23(25)27)17-10-6-3-7-11-17/h2-11,18-21H,1,12-14H2/t18-,19+,20+,21-/m0/s1. The van der Waals surface area contributed by atoms with Crippen LogP contribution >= 0.6 is 0 Å². The Labute approximate surface area is 164 Å². The second kappa shape index (κ2) is 6.51. The normalized spacial score (nSPS) is 28.9. The van der Waals surface area contributed by atoms with Crippen molar-refractivity contribution in [1.29, 1.82) is 0 Å². The minimum atomic E-state index is -0.479. The number of fused-ring (bicyclic) bond motifs is 1. The summed E-state index contributed by atoms with van der Waals surface area (Å²) in [7, 11) is 0. The largest absolute Gasteiger partial charge is 0.447 e. The van der Waals surface area contributed by atoms with Crippen molar-refractivity contribution in [3.05, 3.63) is 83.9 Å². The van der Waals surface area contributed by atoms with Crippen molar-refractivity contribution in [2.45, 2.75) is 24.5 Å². The van der Waals surface area contributed by atoms with E-state index in [1.54, 1.807) is 4.90 Å². The van der Waals surface area contributed by atoms with Gasteiger partial charge in [-0.3, -0.25) is 9.69 Å². The van der Waals surface area contributed by atoms with Gasteiger partial charge < -0.3 is 9.64 Å². The summed E-state index contributed by atoms with van der Waals surface area (Å²) in [6, 6.07) is 19.3. The number of hydrogen-bond donors (Lipinski definition) is 0. The molecule has 0 bridgehead atoms. The van der Waals surface area contributed by atoms with Crippen LogP contribution in [0.25, 0.3) is 0 Å². The van der Waals surface area contributed by atoms with Gasteiger partial charge in [-0.15, -0.1) is 0 Å². The number of β-lactam (4-membered cyclic amide) rings is 1. The van der Waals surface area contributed by atoms with Crippen molar-refractivity contribution >= 4 is 12.0 Å². The van der Waals surface area contributed by atoms with Gasteiger partial charge in [0.15, 0.2) is 0 Å². The van der Waals surface area contributed by atoms with Crippen LogP contribution in [-0.2, 0) is 16.0 Å². The van der Waals surface area contributed by atoms with Crippen LogP contribution in [0, 0.1) is 5.92 Å². The molecule has 0 unspecified atom stereocenters. The minimum Gasteiger partial charge on any atom is -0.447 e. The van der Waals surface area contributed by atoms with Gasteiger partial charge in [0.05, 0.1) is 12.1 Å². The van der Waals surface area contributed by atoms with Crippen LogP contribution < -0.4 is 0 Å². The molecule has 142 valence electrons. The van der Waals surface area contributed by atoms with Gasteiger partial charge in [0.2, 0.25) is 5.91 Å². The van der Waals surface area contributed by atoms with Crippen molar-refractivity contribution in [2.75, 3.05) is 13.2 Å². The Morgan fingerprint density at radius 2 is 1.68 bits per heavy atom. The summed E-state index contributed by atoms with van der Waals surface area (Å²) in [4.78, 5) is 29.0. The Balaban J connectivity index is 1.45. The molecule has 0 aromatic heterocycles. The highest BCUT2D eigenvalue weighted by Crippen LogP contribution is 2.45. The second-order valence-corrected chi connectivity index (χ2v) is 7.77. The fourth-order valence-electron chi connectivity index (χ4n) is 4.84. The molecule has 0 N–H and O–H groups in total. The molecule has 2 aromatic carbocycles. The molecule has 5 nitrogen and oxygen atoms in total. The van der Waals surface area contributed by atoms with E-state index < -0.39 is 12.1 Å². The third-order valence-corrected chi connectivity index (χ3v) is 6.22. The van der Waals surface area contributed by atoms with E-state index in [0.717, 1.165) is 17.6 Å². The summed E-state index contributed by atoms with van der Waals surface area (Å²) in [6.45, 7) is 5.10. The third kappa shape index (κ3) is 2.53. The Morgan fingerprint density at radius 1 is 1.00 bits per heavy atom. The fraction of sp³-hybridized carbons (Fsp3) is 0.304. The highest BCUT2D eigenvalue weighted by Gasteiger charge is 2.61. The summed E-state index contributed by atoms with van der Waals surface area (Å²) in [5.41, 5.74) is 3.28. The summed E-state index contributed by atoms with van der Waals surface area (Å²) in [5, 5.41) is 0. The van der Waals surface area contributed by atoms with Gasteiger partial charge in [-0.25, -0.2) is 4.79 Å². The first-order chi connectivity index (χ1) is 13.6. The number of amides is 2. The molecular formula is C23H22N2O3. The highest BCUT2D eigenvalue weighted by atomic mass is 16.6. The summed E-state index contributed by atoms with van der Waals surface area (Å²) >= 11 is 0. The lowest BCUT2D eigenvalue weighted by molar-refractivity contribution is -0.155. The van der Waals surface area contributed by atoms with Gasteiger partial charge >= 0.3 is 6.09 Å². The summed E-state index contributed by atoms with van der Waals surface area (Å²) < 4.78 is 5.36. The SMILES string of the molecule is C=C1CN2C(=O)[C@@H](N3C(=O)OC[C@@H]3c3ccccc3)[C@H]2[C@H]1Cc1ccccc1. The first-order valence-corrected chi connectivity index (χ1v) is 9.67. The molecular weight excluding hydrogens is 352 g/mol. The number of hydrogen-bond acceptors (Lipinski definition) is 3. The van der Waals surface area contributed by atoms with Gasteiger partial charge in [0, 0.05) is 12.5 Å². The maximum Gasteiger partial charge on any atom is 0.411 e. The average molecular weight is 374 g/mol. The van der Waals surface area contributed by atoms with Crippen LogP contribution in [0.3, 0.4) is 0 Å². The Kier molecular flexibility index (Phi) is 3.97. The van der Waals surface area contributed by atoms with Crippen molar-refractivity contribution < 1.29 is 14.3 Å². The molecule has 2 aromatic rings. The molecule has 0 radical (unpaired) electrons. The lowest BCUT2D eigenvalue weighted by Crippen LogP contribution is -2.70. The predicted octanol–water partition coefficient (Wildman–Crippen LogP) is 3.19. The molecule has 3 aliphatic heterocycles. The molecule has 3 aliphatic rings. The minimum absolute atomic E-state index is 0.00138. The molecule has 5 heteroatoms. The predicted molar refractivity (Wildman–Crippen MR) is 104 cm³/mol. The Hall–Kier alpha value is -3.08. The van der Waals surface area contributed by atoms with Gasteiger partial charge in [-0.05, 0) is 17.5 Å². The average Bonchev–Trinajstić information content (AvgIpc) is 3.23. The Morgan fingerprint density at radius 3 is 2.39 bits per heavy atom. The van der Waals surface area contributed by atoms with Gasteiger partial charge in [0.25, 0.3) is 0 Å². The third-order valence-electron chi connectivity index (χ3n) is 6.22. The van der Waals surface area contributed by atoms with Crippen LogP contribution in [-0.4, -0.2) is 47.0 Å². The lowest BCUT2D eigenvalue weighted by Gasteiger charge is -2.49. The van der Waals surface area contributed by atoms with Crippen molar-refractivity contribution in [3.63, 3.8) is 0 Å². The van der Waals surface area contributed by atoms with Crippen LogP contribution in [0.5, 0.6) is 0 Å². The molecule has 3 saturated heterocycles.